The van der Waals surface area contributed by atoms with Crippen molar-refractivity contribution < 1.29 is 9.84 Å². The van der Waals surface area contributed by atoms with Crippen molar-refractivity contribution in [3.05, 3.63) is 0 Å². The van der Waals surface area contributed by atoms with Gasteiger partial charge in [-0.1, -0.05) is 27.2 Å². The van der Waals surface area contributed by atoms with Crippen LogP contribution in [0.1, 0.15) is 33.6 Å². The minimum atomic E-state index is 0.0422. The summed E-state index contributed by atoms with van der Waals surface area (Å²) < 4.78 is 5.12. The van der Waals surface area contributed by atoms with Crippen molar-refractivity contribution >= 4 is 0 Å². The van der Waals surface area contributed by atoms with Gasteiger partial charge in [0, 0.05) is 32.3 Å². The summed E-state index contributed by atoms with van der Waals surface area (Å²) >= 11 is 0. The maximum Gasteiger partial charge on any atom is 0.0601 e. The highest BCUT2D eigenvalue weighted by Gasteiger charge is 2.24. The van der Waals surface area contributed by atoms with Gasteiger partial charge in [-0.2, -0.15) is 0 Å². The molecule has 2 atom stereocenters. The molecular weight excluding hydrogens is 216 g/mol. The number of aliphatic hydroxyl groups is 1. The highest BCUT2D eigenvalue weighted by atomic mass is 16.5. The van der Waals surface area contributed by atoms with Crippen molar-refractivity contribution in [2.75, 3.05) is 33.4 Å². The first-order valence-electron chi connectivity index (χ1n) is 6.66. The molecule has 3 N–H and O–H groups in total. The lowest BCUT2D eigenvalue weighted by Crippen LogP contribution is -2.52. The normalized spacial score (nSPS) is 15.5. The van der Waals surface area contributed by atoms with Crippen molar-refractivity contribution in [2.24, 2.45) is 11.7 Å². The summed E-state index contributed by atoms with van der Waals surface area (Å²) in [6.45, 7) is 9.07. The SMILES string of the molecule is CCCC(N)C(CO)N(CCOC)CC(C)C. The number of hydrogen-bond donors (Lipinski definition) is 2. The van der Waals surface area contributed by atoms with Gasteiger partial charge in [0.05, 0.1) is 13.2 Å². The molecule has 0 heterocycles. The average molecular weight is 246 g/mol. The molecule has 0 aliphatic rings. The van der Waals surface area contributed by atoms with E-state index in [4.69, 9.17) is 10.5 Å². The van der Waals surface area contributed by atoms with Crippen LogP contribution in [0.15, 0.2) is 0 Å². The third-order valence-corrected chi connectivity index (χ3v) is 2.95. The first-order chi connectivity index (χ1) is 8.06. The molecule has 0 saturated heterocycles. The topological polar surface area (TPSA) is 58.7 Å². The molecule has 0 rings (SSSR count). The van der Waals surface area contributed by atoms with E-state index >= 15 is 0 Å². The zero-order chi connectivity index (χ0) is 13.3. The lowest BCUT2D eigenvalue weighted by atomic mass is 10.0. The molecule has 0 radical (unpaired) electrons. The van der Waals surface area contributed by atoms with Crippen LogP contribution in [0.3, 0.4) is 0 Å². The molecular formula is C13H30N2O2. The third-order valence-electron chi connectivity index (χ3n) is 2.95. The molecule has 2 unspecified atom stereocenters. The number of nitrogens with two attached hydrogens (primary N) is 1. The predicted molar refractivity (Wildman–Crippen MR) is 72.0 cm³/mol. The van der Waals surface area contributed by atoms with E-state index < -0.39 is 0 Å². The van der Waals surface area contributed by atoms with E-state index in [1.54, 1.807) is 7.11 Å². The second kappa shape index (κ2) is 9.83. The molecule has 0 aromatic carbocycles. The summed E-state index contributed by atoms with van der Waals surface area (Å²) in [6.07, 6.45) is 2.00. The number of nitrogens with zero attached hydrogens (tertiary/aromatic N) is 1. The predicted octanol–water partition coefficient (Wildman–Crippen LogP) is 1.08. The van der Waals surface area contributed by atoms with Crippen LogP contribution in [-0.4, -0.2) is 55.5 Å². The van der Waals surface area contributed by atoms with Gasteiger partial charge in [-0.05, 0) is 12.3 Å². The average Bonchev–Trinajstić information content (AvgIpc) is 2.26. The Labute approximate surface area is 106 Å². The summed E-state index contributed by atoms with van der Waals surface area (Å²) in [4.78, 5) is 2.26. The number of rotatable bonds is 10. The Hall–Kier alpha value is -0.160. The molecule has 0 bridgehead atoms. The fourth-order valence-corrected chi connectivity index (χ4v) is 2.12. The van der Waals surface area contributed by atoms with Crippen LogP contribution >= 0.6 is 0 Å². The van der Waals surface area contributed by atoms with Crippen molar-refractivity contribution in [2.45, 2.75) is 45.7 Å². The molecule has 0 aliphatic carbocycles. The molecule has 4 nitrogen and oxygen atoms in total. The molecule has 0 amide bonds. The van der Waals surface area contributed by atoms with Crippen LogP contribution in [0.5, 0.6) is 0 Å². The summed E-state index contributed by atoms with van der Waals surface area (Å²) in [5, 5.41) is 9.54. The van der Waals surface area contributed by atoms with Gasteiger partial charge in [-0.3, -0.25) is 4.90 Å². The third kappa shape index (κ3) is 6.99. The minimum absolute atomic E-state index is 0.0422. The smallest absolute Gasteiger partial charge is 0.0601 e. The lowest BCUT2D eigenvalue weighted by Gasteiger charge is -2.35. The van der Waals surface area contributed by atoms with Gasteiger partial charge in [-0.25, -0.2) is 0 Å². The van der Waals surface area contributed by atoms with Gasteiger partial charge < -0.3 is 15.6 Å². The fraction of sp³-hybridized carbons (Fsp3) is 1.00. The molecule has 17 heavy (non-hydrogen) atoms. The Balaban J connectivity index is 4.46. The standard InChI is InChI=1S/C13H30N2O2/c1-5-6-12(14)13(10-16)15(7-8-17-4)9-11(2)3/h11-13,16H,5-10,14H2,1-4H3. The Morgan fingerprint density at radius 1 is 1.35 bits per heavy atom. The molecule has 104 valence electrons. The van der Waals surface area contributed by atoms with E-state index in [-0.39, 0.29) is 18.7 Å². The summed E-state index contributed by atoms with van der Waals surface area (Å²) in [5.41, 5.74) is 6.14. The van der Waals surface area contributed by atoms with E-state index in [0.29, 0.717) is 12.5 Å². The summed E-state index contributed by atoms with van der Waals surface area (Å²) in [5.74, 6) is 0.565. The van der Waals surface area contributed by atoms with E-state index in [2.05, 4.69) is 25.7 Å². The molecule has 0 spiro atoms. The van der Waals surface area contributed by atoms with Crippen LogP contribution in [0.4, 0.5) is 0 Å². The maximum absolute atomic E-state index is 9.54. The number of hydrogen-bond acceptors (Lipinski definition) is 4. The molecule has 0 aromatic heterocycles. The number of methoxy groups -OCH3 is 1. The van der Waals surface area contributed by atoms with Crippen LogP contribution in [0.25, 0.3) is 0 Å². The van der Waals surface area contributed by atoms with Crippen LogP contribution < -0.4 is 5.73 Å². The first kappa shape index (κ1) is 16.8. The van der Waals surface area contributed by atoms with E-state index in [1.165, 1.54) is 0 Å². The quantitative estimate of drug-likeness (QED) is 0.605. The van der Waals surface area contributed by atoms with E-state index in [9.17, 15) is 5.11 Å². The van der Waals surface area contributed by atoms with Crippen molar-refractivity contribution in [3.8, 4) is 0 Å². The molecule has 0 aromatic rings. The molecule has 0 fully saturated rings. The van der Waals surface area contributed by atoms with Gasteiger partial charge >= 0.3 is 0 Å². The van der Waals surface area contributed by atoms with Crippen LogP contribution in [0, 0.1) is 5.92 Å². The fourth-order valence-electron chi connectivity index (χ4n) is 2.12. The molecule has 0 aliphatic heterocycles. The summed E-state index contributed by atoms with van der Waals surface area (Å²) in [7, 11) is 1.70. The highest BCUT2D eigenvalue weighted by molar-refractivity contribution is 4.82. The Morgan fingerprint density at radius 3 is 2.41 bits per heavy atom. The Morgan fingerprint density at radius 2 is 2.00 bits per heavy atom. The Bertz CT molecular complexity index is 177. The number of aliphatic hydroxyl groups excluding tert-OH is 1. The minimum Gasteiger partial charge on any atom is -0.395 e. The summed E-state index contributed by atoms with van der Waals surface area (Å²) in [6, 6.07) is 0.0908. The zero-order valence-electron chi connectivity index (χ0n) is 11.9. The second-order valence-electron chi connectivity index (χ2n) is 5.08. The molecule has 0 saturated carbocycles. The number of ether oxygens (including phenoxy) is 1. The Kier molecular flexibility index (Phi) is 9.74. The highest BCUT2D eigenvalue weighted by Crippen LogP contribution is 2.10. The molecule has 4 heteroatoms. The van der Waals surface area contributed by atoms with Gasteiger partial charge in [0.15, 0.2) is 0 Å². The maximum atomic E-state index is 9.54. The van der Waals surface area contributed by atoms with E-state index in [1.807, 2.05) is 0 Å². The van der Waals surface area contributed by atoms with Gasteiger partial charge in [0.25, 0.3) is 0 Å². The van der Waals surface area contributed by atoms with Gasteiger partial charge in [-0.15, -0.1) is 0 Å². The van der Waals surface area contributed by atoms with Gasteiger partial charge in [0.2, 0.25) is 0 Å². The van der Waals surface area contributed by atoms with Crippen LogP contribution in [-0.2, 0) is 4.74 Å². The lowest BCUT2D eigenvalue weighted by molar-refractivity contribution is 0.0639. The largest absolute Gasteiger partial charge is 0.395 e. The van der Waals surface area contributed by atoms with Crippen molar-refractivity contribution in [3.63, 3.8) is 0 Å². The van der Waals surface area contributed by atoms with Gasteiger partial charge in [0.1, 0.15) is 0 Å². The van der Waals surface area contributed by atoms with E-state index in [0.717, 1.165) is 25.9 Å². The second-order valence-corrected chi connectivity index (χ2v) is 5.08. The zero-order valence-corrected chi connectivity index (χ0v) is 11.9. The van der Waals surface area contributed by atoms with Crippen molar-refractivity contribution in [1.29, 1.82) is 0 Å². The monoisotopic (exact) mass is 246 g/mol. The van der Waals surface area contributed by atoms with Crippen molar-refractivity contribution in [1.82, 2.24) is 4.90 Å². The van der Waals surface area contributed by atoms with Crippen LogP contribution in [0.2, 0.25) is 0 Å². The first-order valence-corrected chi connectivity index (χ1v) is 6.66.